The highest BCUT2D eigenvalue weighted by Crippen LogP contribution is 2.13. The number of rotatable bonds is 4. The van der Waals surface area contributed by atoms with Crippen molar-refractivity contribution >= 4 is 29.1 Å². The zero-order valence-corrected chi connectivity index (χ0v) is 10.6. The van der Waals surface area contributed by atoms with Crippen molar-refractivity contribution < 1.29 is 9.53 Å². The quantitative estimate of drug-likeness (QED) is 0.836. The molecule has 1 aromatic heterocycles. The van der Waals surface area contributed by atoms with Gasteiger partial charge < -0.3 is 10.1 Å². The topological polar surface area (TPSA) is 38.3 Å². The minimum absolute atomic E-state index is 0.103. The summed E-state index contributed by atoms with van der Waals surface area (Å²) in [5.41, 5.74) is 0. The monoisotopic (exact) mass is 257 g/mol. The predicted molar refractivity (Wildman–Crippen MR) is 67.8 cm³/mol. The van der Waals surface area contributed by atoms with Crippen molar-refractivity contribution in [1.29, 1.82) is 0 Å². The van der Waals surface area contributed by atoms with Gasteiger partial charge >= 0.3 is 5.97 Å². The Morgan fingerprint density at radius 2 is 2.56 bits per heavy atom. The van der Waals surface area contributed by atoms with Crippen LogP contribution in [0.5, 0.6) is 0 Å². The summed E-state index contributed by atoms with van der Waals surface area (Å²) >= 11 is 3.51. The van der Waals surface area contributed by atoms with Crippen LogP contribution >= 0.6 is 23.1 Å². The minimum atomic E-state index is -0.103. The Kier molecular flexibility index (Phi) is 4.69. The van der Waals surface area contributed by atoms with Crippen LogP contribution in [0.2, 0.25) is 0 Å². The first-order chi connectivity index (χ1) is 7.84. The lowest BCUT2D eigenvalue weighted by Gasteiger charge is -2.22. The maximum absolute atomic E-state index is 11.5. The molecule has 0 spiro atoms. The molecule has 2 heterocycles. The van der Waals surface area contributed by atoms with Crippen LogP contribution in [-0.4, -0.2) is 30.1 Å². The smallest absolute Gasteiger partial charge is 0.307 e. The molecule has 1 fully saturated rings. The number of thioether (sulfide) groups is 1. The van der Waals surface area contributed by atoms with Crippen LogP contribution in [0.3, 0.4) is 0 Å². The fraction of sp³-hybridized carbons (Fsp3) is 0.545. The Morgan fingerprint density at radius 1 is 1.62 bits per heavy atom. The second-order valence-electron chi connectivity index (χ2n) is 3.67. The number of carbonyl (C=O) groups is 1. The van der Waals surface area contributed by atoms with Crippen molar-refractivity contribution in [2.75, 3.05) is 18.1 Å². The summed E-state index contributed by atoms with van der Waals surface area (Å²) in [4.78, 5) is 12.6. The molecule has 2 rings (SSSR count). The van der Waals surface area contributed by atoms with E-state index < -0.39 is 0 Å². The van der Waals surface area contributed by atoms with Crippen molar-refractivity contribution in [2.45, 2.75) is 19.1 Å². The van der Waals surface area contributed by atoms with Crippen LogP contribution < -0.4 is 5.32 Å². The molecular formula is C11H15NO2S2. The molecule has 0 saturated carbocycles. The van der Waals surface area contributed by atoms with Crippen LogP contribution in [0.4, 0.5) is 0 Å². The van der Waals surface area contributed by atoms with Gasteiger partial charge in [-0.25, -0.2) is 0 Å². The van der Waals surface area contributed by atoms with Crippen molar-refractivity contribution in [3.63, 3.8) is 0 Å². The molecule has 0 aromatic carbocycles. The van der Waals surface area contributed by atoms with Gasteiger partial charge in [0.2, 0.25) is 0 Å². The molecular weight excluding hydrogens is 242 g/mol. The van der Waals surface area contributed by atoms with E-state index in [0.29, 0.717) is 13.0 Å². The third-order valence-electron chi connectivity index (χ3n) is 2.37. The minimum Gasteiger partial charge on any atom is -0.460 e. The van der Waals surface area contributed by atoms with Gasteiger partial charge in [-0.3, -0.25) is 4.79 Å². The molecule has 0 bridgehead atoms. The molecule has 1 aliphatic heterocycles. The average molecular weight is 257 g/mol. The fourth-order valence-electron chi connectivity index (χ4n) is 1.56. The Bertz CT molecular complexity index is 321. The van der Waals surface area contributed by atoms with Gasteiger partial charge in [-0.15, -0.1) is 11.3 Å². The molecule has 1 aliphatic rings. The van der Waals surface area contributed by atoms with Crippen molar-refractivity contribution in [1.82, 2.24) is 5.32 Å². The maximum Gasteiger partial charge on any atom is 0.307 e. The molecule has 1 atom stereocenters. The van der Waals surface area contributed by atoms with Crippen LogP contribution in [0.25, 0.3) is 0 Å². The van der Waals surface area contributed by atoms with Gasteiger partial charge in [0.1, 0.15) is 6.61 Å². The van der Waals surface area contributed by atoms with E-state index in [1.54, 1.807) is 11.3 Å². The molecule has 1 aromatic rings. The summed E-state index contributed by atoms with van der Waals surface area (Å²) in [6.45, 7) is 1.41. The lowest BCUT2D eigenvalue weighted by Crippen LogP contribution is -2.39. The number of hydrogen-bond donors (Lipinski definition) is 1. The molecule has 0 radical (unpaired) electrons. The van der Waals surface area contributed by atoms with E-state index in [1.807, 2.05) is 29.3 Å². The molecule has 3 nitrogen and oxygen atoms in total. The predicted octanol–water partition coefficient (Wildman–Crippen LogP) is 1.89. The number of nitrogens with one attached hydrogen (secondary N) is 1. The molecule has 5 heteroatoms. The average Bonchev–Trinajstić information content (AvgIpc) is 2.81. The van der Waals surface area contributed by atoms with E-state index in [2.05, 4.69) is 5.32 Å². The number of ether oxygens (including phenoxy) is 1. The summed E-state index contributed by atoms with van der Waals surface area (Å²) in [6.07, 6.45) is 0.484. The summed E-state index contributed by atoms with van der Waals surface area (Å²) in [5, 5.41) is 5.31. The Morgan fingerprint density at radius 3 is 3.25 bits per heavy atom. The molecule has 88 valence electrons. The van der Waals surface area contributed by atoms with Crippen LogP contribution in [0.15, 0.2) is 17.5 Å². The summed E-state index contributed by atoms with van der Waals surface area (Å²) < 4.78 is 5.21. The number of thiophene rings is 1. The van der Waals surface area contributed by atoms with Gasteiger partial charge in [0.25, 0.3) is 0 Å². The molecule has 16 heavy (non-hydrogen) atoms. The largest absolute Gasteiger partial charge is 0.460 e. The zero-order valence-electron chi connectivity index (χ0n) is 8.98. The Balaban J connectivity index is 1.67. The highest BCUT2D eigenvalue weighted by Gasteiger charge is 2.17. The van der Waals surface area contributed by atoms with Crippen LogP contribution in [0, 0.1) is 0 Å². The molecule has 1 unspecified atom stereocenters. The summed E-state index contributed by atoms with van der Waals surface area (Å²) in [6, 6.07) is 4.23. The first-order valence-corrected chi connectivity index (χ1v) is 7.37. The van der Waals surface area contributed by atoms with Crippen molar-refractivity contribution in [3.8, 4) is 0 Å². The maximum atomic E-state index is 11.5. The van der Waals surface area contributed by atoms with E-state index in [4.69, 9.17) is 4.74 Å². The summed E-state index contributed by atoms with van der Waals surface area (Å²) in [5.74, 6) is 2.04. The lowest BCUT2D eigenvalue weighted by atomic mass is 10.2. The van der Waals surface area contributed by atoms with Gasteiger partial charge in [-0.05, 0) is 11.4 Å². The summed E-state index contributed by atoms with van der Waals surface area (Å²) in [7, 11) is 0. The van der Waals surface area contributed by atoms with Gasteiger partial charge in [-0.2, -0.15) is 11.8 Å². The van der Waals surface area contributed by atoms with E-state index in [0.717, 1.165) is 22.9 Å². The Labute approximate surface area is 104 Å². The normalized spacial score (nSPS) is 20.6. The SMILES string of the molecule is O=C(CC1CSCCN1)OCc1cccs1. The van der Waals surface area contributed by atoms with Gasteiger partial charge in [0, 0.05) is 29.0 Å². The molecule has 0 aliphatic carbocycles. The fourth-order valence-corrected chi connectivity index (χ4v) is 3.12. The third-order valence-corrected chi connectivity index (χ3v) is 4.35. The third kappa shape index (κ3) is 3.81. The van der Waals surface area contributed by atoms with Gasteiger partial charge in [0.05, 0.1) is 6.42 Å². The second-order valence-corrected chi connectivity index (χ2v) is 5.85. The van der Waals surface area contributed by atoms with Crippen molar-refractivity contribution in [3.05, 3.63) is 22.4 Å². The first-order valence-electron chi connectivity index (χ1n) is 5.34. The van der Waals surface area contributed by atoms with Crippen LogP contribution in [0.1, 0.15) is 11.3 Å². The van der Waals surface area contributed by atoms with Crippen molar-refractivity contribution in [2.24, 2.45) is 0 Å². The molecule has 1 saturated heterocycles. The number of carbonyl (C=O) groups excluding carboxylic acids is 1. The highest BCUT2D eigenvalue weighted by atomic mass is 32.2. The zero-order chi connectivity index (χ0) is 11.2. The van der Waals surface area contributed by atoms with Gasteiger partial charge in [0.15, 0.2) is 0 Å². The lowest BCUT2D eigenvalue weighted by molar-refractivity contribution is -0.145. The van der Waals surface area contributed by atoms with E-state index in [1.165, 1.54) is 0 Å². The van der Waals surface area contributed by atoms with Gasteiger partial charge in [-0.1, -0.05) is 6.07 Å². The molecule has 0 amide bonds. The number of hydrogen-bond acceptors (Lipinski definition) is 5. The standard InChI is InChI=1S/C11H15NO2S2/c13-11(6-9-8-15-5-3-12-9)14-7-10-2-1-4-16-10/h1-2,4,9,12H,3,5-8H2. The Hall–Kier alpha value is -0.520. The van der Waals surface area contributed by atoms with E-state index in [-0.39, 0.29) is 12.0 Å². The second kappa shape index (κ2) is 6.27. The molecule has 1 N–H and O–H groups in total. The highest BCUT2D eigenvalue weighted by molar-refractivity contribution is 7.99. The first kappa shape index (κ1) is 12.0. The van der Waals surface area contributed by atoms with E-state index >= 15 is 0 Å². The van der Waals surface area contributed by atoms with E-state index in [9.17, 15) is 4.79 Å². The van der Waals surface area contributed by atoms with Crippen LogP contribution in [-0.2, 0) is 16.1 Å². The number of esters is 1.